The predicted octanol–water partition coefficient (Wildman–Crippen LogP) is 1.59. The smallest absolute Gasteiger partial charge is 0.325 e. The second-order valence-corrected chi connectivity index (χ2v) is 4.72. The molecule has 0 bridgehead atoms. The summed E-state index contributed by atoms with van der Waals surface area (Å²) in [6, 6.07) is 7.25. The molecule has 0 aliphatic heterocycles. The van der Waals surface area contributed by atoms with Gasteiger partial charge in [0.1, 0.15) is 6.54 Å². The molecule has 106 valence electrons. The van der Waals surface area contributed by atoms with E-state index < -0.39 is 5.97 Å². The van der Waals surface area contributed by atoms with E-state index in [1.807, 2.05) is 38.1 Å². The number of esters is 1. The molecule has 0 aliphatic carbocycles. The predicted molar refractivity (Wildman–Crippen MR) is 74.3 cm³/mol. The second-order valence-electron chi connectivity index (χ2n) is 4.72. The Hall–Kier alpha value is -2.37. The Morgan fingerprint density at radius 3 is 2.70 bits per heavy atom. The first-order chi connectivity index (χ1) is 9.54. The number of carbonyl (C=O) groups excluding carboxylic acids is 2. The van der Waals surface area contributed by atoms with E-state index in [9.17, 15) is 9.59 Å². The van der Waals surface area contributed by atoms with Crippen molar-refractivity contribution in [3.8, 4) is 0 Å². The van der Waals surface area contributed by atoms with Crippen molar-refractivity contribution in [2.75, 3.05) is 13.7 Å². The van der Waals surface area contributed by atoms with Crippen LogP contribution in [0.25, 0.3) is 10.9 Å². The molecule has 20 heavy (non-hydrogen) atoms. The molecule has 6 nitrogen and oxygen atoms in total. The van der Waals surface area contributed by atoms with Gasteiger partial charge < -0.3 is 9.64 Å². The maximum atomic E-state index is 12.5. The molecular formula is C14H17N3O3. The molecule has 1 amide bonds. The molecule has 2 rings (SSSR count). The van der Waals surface area contributed by atoms with Gasteiger partial charge in [-0.25, -0.2) is 0 Å². The molecular weight excluding hydrogens is 258 g/mol. The zero-order valence-electron chi connectivity index (χ0n) is 11.7. The highest BCUT2D eigenvalue weighted by molar-refractivity contribution is 6.05. The van der Waals surface area contributed by atoms with Gasteiger partial charge in [-0.2, -0.15) is 5.10 Å². The van der Waals surface area contributed by atoms with E-state index in [1.54, 1.807) is 0 Å². The zero-order valence-corrected chi connectivity index (χ0v) is 11.7. The fourth-order valence-electron chi connectivity index (χ4n) is 1.96. The summed E-state index contributed by atoms with van der Waals surface area (Å²) in [4.78, 5) is 25.4. The molecule has 0 fully saturated rings. The van der Waals surface area contributed by atoms with Crippen molar-refractivity contribution < 1.29 is 14.3 Å². The van der Waals surface area contributed by atoms with Gasteiger partial charge in [-0.05, 0) is 19.9 Å². The first-order valence-corrected chi connectivity index (χ1v) is 6.35. The highest BCUT2D eigenvalue weighted by Crippen LogP contribution is 2.17. The molecule has 0 unspecified atom stereocenters. The van der Waals surface area contributed by atoms with Crippen LogP contribution >= 0.6 is 0 Å². The first kappa shape index (κ1) is 14.0. The number of rotatable bonds is 4. The Balaban J connectivity index is 2.34. The van der Waals surface area contributed by atoms with E-state index in [0.717, 1.165) is 10.9 Å². The summed E-state index contributed by atoms with van der Waals surface area (Å²) < 4.78 is 4.62. The van der Waals surface area contributed by atoms with Crippen LogP contribution in [0.15, 0.2) is 24.3 Å². The normalized spacial score (nSPS) is 10.8. The topological polar surface area (TPSA) is 75.3 Å². The Bertz CT molecular complexity index is 633. The SMILES string of the molecule is COC(=O)CN(C(=O)c1n[nH]c2ccccc12)C(C)C. The highest BCUT2D eigenvalue weighted by atomic mass is 16.5. The van der Waals surface area contributed by atoms with Gasteiger partial charge in [0.15, 0.2) is 5.69 Å². The van der Waals surface area contributed by atoms with E-state index >= 15 is 0 Å². The van der Waals surface area contributed by atoms with E-state index in [2.05, 4.69) is 14.9 Å². The van der Waals surface area contributed by atoms with Gasteiger partial charge >= 0.3 is 5.97 Å². The van der Waals surface area contributed by atoms with Gasteiger partial charge in [0.2, 0.25) is 0 Å². The number of amides is 1. The number of benzene rings is 1. The van der Waals surface area contributed by atoms with Crippen LogP contribution in [-0.4, -0.2) is 46.7 Å². The lowest BCUT2D eigenvalue weighted by molar-refractivity contribution is -0.141. The van der Waals surface area contributed by atoms with Crippen LogP contribution in [0.1, 0.15) is 24.3 Å². The minimum Gasteiger partial charge on any atom is -0.468 e. The first-order valence-electron chi connectivity index (χ1n) is 6.35. The second kappa shape index (κ2) is 5.73. The number of ether oxygens (including phenoxy) is 1. The number of para-hydroxylation sites is 1. The fraction of sp³-hybridized carbons (Fsp3) is 0.357. The number of H-pyrrole nitrogens is 1. The summed E-state index contributed by atoms with van der Waals surface area (Å²) in [6.07, 6.45) is 0. The molecule has 0 spiro atoms. The number of carbonyl (C=O) groups is 2. The molecule has 6 heteroatoms. The van der Waals surface area contributed by atoms with Crippen LogP contribution < -0.4 is 0 Å². The lowest BCUT2D eigenvalue weighted by Gasteiger charge is -2.24. The van der Waals surface area contributed by atoms with Crippen LogP contribution in [-0.2, 0) is 9.53 Å². The highest BCUT2D eigenvalue weighted by Gasteiger charge is 2.25. The molecule has 0 atom stereocenters. The van der Waals surface area contributed by atoms with Gasteiger partial charge in [-0.15, -0.1) is 0 Å². The molecule has 1 aromatic heterocycles. The van der Waals surface area contributed by atoms with Crippen LogP contribution in [0.2, 0.25) is 0 Å². The van der Waals surface area contributed by atoms with Crippen molar-refractivity contribution in [1.29, 1.82) is 0 Å². The Morgan fingerprint density at radius 2 is 2.05 bits per heavy atom. The third-order valence-corrected chi connectivity index (χ3v) is 3.08. The largest absolute Gasteiger partial charge is 0.468 e. The van der Waals surface area contributed by atoms with Crippen LogP contribution in [0.3, 0.4) is 0 Å². The van der Waals surface area contributed by atoms with Gasteiger partial charge in [-0.3, -0.25) is 14.7 Å². The number of aromatic nitrogens is 2. The molecule has 0 saturated carbocycles. The van der Waals surface area contributed by atoms with E-state index in [0.29, 0.717) is 5.69 Å². The fourth-order valence-corrected chi connectivity index (χ4v) is 1.96. The van der Waals surface area contributed by atoms with E-state index in [-0.39, 0.29) is 18.5 Å². The van der Waals surface area contributed by atoms with E-state index in [4.69, 9.17) is 0 Å². The average molecular weight is 275 g/mol. The van der Waals surface area contributed by atoms with Crippen LogP contribution in [0.5, 0.6) is 0 Å². The number of nitrogens with one attached hydrogen (secondary N) is 1. The molecule has 2 aromatic rings. The number of nitrogens with zero attached hydrogens (tertiary/aromatic N) is 2. The van der Waals surface area contributed by atoms with Gasteiger partial charge in [0.25, 0.3) is 5.91 Å². The summed E-state index contributed by atoms with van der Waals surface area (Å²) in [5, 5.41) is 7.62. The summed E-state index contributed by atoms with van der Waals surface area (Å²) in [5.74, 6) is -0.741. The monoisotopic (exact) mass is 275 g/mol. The Morgan fingerprint density at radius 1 is 1.35 bits per heavy atom. The third kappa shape index (κ3) is 2.64. The number of hydrogen-bond acceptors (Lipinski definition) is 4. The minimum absolute atomic E-state index is 0.0891. The van der Waals surface area contributed by atoms with Crippen LogP contribution in [0, 0.1) is 0 Å². The lowest BCUT2D eigenvalue weighted by atomic mass is 10.2. The van der Waals surface area contributed by atoms with Crippen molar-refractivity contribution in [3.05, 3.63) is 30.0 Å². The minimum atomic E-state index is -0.452. The Labute approximate surface area is 116 Å². The lowest BCUT2D eigenvalue weighted by Crippen LogP contribution is -2.41. The number of aromatic amines is 1. The summed E-state index contributed by atoms with van der Waals surface area (Å²) in [6.45, 7) is 3.60. The van der Waals surface area contributed by atoms with Crippen molar-refractivity contribution in [1.82, 2.24) is 15.1 Å². The Kier molecular flexibility index (Phi) is 4.02. The number of hydrogen-bond donors (Lipinski definition) is 1. The van der Waals surface area contributed by atoms with Gasteiger partial charge in [0, 0.05) is 11.4 Å². The molecule has 1 N–H and O–H groups in total. The number of fused-ring (bicyclic) bond motifs is 1. The van der Waals surface area contributed by atoms with Crippen molar-refractivity contribution in [3.63, 3.8) is 0 Å². The molecule has 1 heterocycles. The molecule has 0 saturated heterocycles. The molecule has 1 aromatic carbocycles. The van der Waals surface area contributed by atoms with Crippen molar-refractivity contribution >= 4 is 22.8 Å². The maximum Gasteiger partial charge on any atom is 0.325 e. The van der Waals surface area contributed by atoms with Gasteiger partial charge in [0.05, 0.1) is 12.6 Å². The van der Waals surface area contributed by atoms with Crippen molar-refractivity contribution in [2.24, 2.45) is 0 Å². The maximum absolute atomic E-state index is 12.5. The number of methoxy groups -OCH3 is 1. The van der Waals surface area contributed by atoms with Gasteiger partial charge in [-0.1, -0.05) is 18.2 Å². The summed E-state index contributed by atoms with van der Waals surface area (Å²) in [7, 11) is 1.30. The van der Waals surface area contributed by atoms with E-state index in [1.165, 1.54) is 12.0 Å². The summed E-state index contributed by atoms with van der Waals surface area (Å²) in [5.41, 5.74) is 1.11. The summed E-state index contributed by atoms with van der Waals surface area (Å²) >= 11 is 0. The average Bonchev–Trinajstić information content (AvgIpc) is 2.87. The quantitative estimate of drug-likeness (QED) is 0.860. The standard InChI is InChI=1S/C14H17N3O3/c1-9(2)17(8-12(18)20-3)14(19)13-10-6-4-5-7-11(10)15-16-13/h4-7,9H,8H2,1-3H3,(H,15,16). The third-order valence-electron chi connectivity index (χ3n) is 3.08. The zero-order chi connectivity index (χ0) is 14.7. The van der Waals surface area contributed by atoms with Crippen molar-refractivity contribution in [2.45, 2.75) is 19.9 Å². The molecule has 0 aliphatic rings. The molecule has 0 radical (unpaired) electrons. The van der Waals surface area contributed by atoms with Crippen LogP contribution in [0.4, 0.5) is 0 Å².